The smallest absolute Gasteiger partial charge is 0.231 e. The van der Waals surface area contributed by atoms with Crippen molar-refractivity contribution in [2.45, 2.75) is 20.3 Å². The summed E-state index contributed by atoms with van der Waals surface area (Å²) in [6.45, 7) is 4.04. The molecule has 2 N–H and O–H groups in total. The number of para-hydroxylation sites is 2. The van der Waals surface area contributed by atoms with Gasteiger partial charge in [-0.05, 0) is 37.1 Å². The summed E-state index contributed by atoms with van der Waals surface area (Å²) in [4.78, 5) is 19.6. The van der Waals surface area contributed by atoms with Gasteiger partial charge in [-0.25, -0.2) is 4.98 Å². The highest BCUT2D eigenvalue weighted by molar-refractivity contribution is 5.92. The highest BCUT2D eigenvalue weighted by atomic mass is 16.1. The SMILES string of the molecule is Cc1ccc(C)c(CC(=O)Nc2nc3ccccc3[nH]2)c1. The van der Waals surface area contributed by atoms with Gasteiger partial charge in [-0.1, -0.05) is 35.9 Å². The van der Waals surface area contributed by atoms with Gasteiger partial charge in [0.1, 0.15) is 0 Å². The van der Waals surface area contributed by atoms with E-state index in [2.05, 4.69) is 21.4 Å². The highest BCUT2D eigenvalue weighted by Gasteiger charge is 2.09. The lowest BCUT2D eigenvalue weighted by molar-refractivity contribution is -0.115. The van der Waals surface area contributed by atoms with Crippen molar-refractivity contribution in [3.63, 3.8) is 0 Å². The summed E-state index contributed by atoms with van der Waals surface area (Å²) in [6.07, 6.45) is 0.352. The molecule has 0 aliphatic carbocycles. The molecule has 0 radical (unpaired) electrons. The number of carbonyl (C=O) groups excluding carboxylic acids is 1. The van der Waals surface area contributed by atoms with Gasteiger partial charge in [0.25, 0.3) is 0 Å². The van der Waals surface area contributed by atoms with Crippen LogP contribution in [0.5, 0.6) is 0 Å². The normalized spacial score (nSPS) is 10.8. The predicted molar refractivity (Wildman–Crippen MR) is 84.3 cm³/mol. The second kappa shape index (κ2) is 5.40. The highest BCUT2D eigenvalue weighted by Crippen LogP contribution is 2.15. The standard InChI is InChI=1S/C17H17N3O/c1-11-7-8-12(2)13(9-11)10-16(21)20-17-18-14-5-3-4-6-15(14)19-17/h3-9H,10H2,1-2H3,(H2,18,19,20,21). The molecular formula is C17H17N3O. The number of nitrogens with zero attached hydrogens (tertiary/aromatic N) is 1. The number of fused-ring (bicyclic) bond motifs is 1. The first-order valence-electron chi connectivity index (χ1n) is 6.92. The summed E-state index contributed by atoms with van der Waals surface area (Å²) in [5, 5.41) is 2.82. The summed E-state index contributed by atoms with van der Waals surface area (Å²) < 4.78 is 0. The minimum Gasteiger partial charge on any atom is -0.324 e. The van der Waals surface area contributed by atoms with Crippen LogP contribution >= 0.6 is 0 Å². The third-order valence-electron chi connectivity index (χ3n) is 3.50. The number of anilines is 1. The van der Waals surface area contributed by atoms with Crippen molar-refractivity contribution in [1.82, 2.24) is 9.97 Å². The molecule has 0 fully saturated rings. The Balaban J connectivity index is 1.75. The first-order chi connectivity index (χ1) is 10.1. The number of imidazole rings is 1. The maximum absolute atomic E-state index is 12.2. The predicted octanol–water partition coefficient (Wildman–Crippen LogP) is 3.36. The molecule has 21 heavy (non-hydrogen) atoms. The van der Waals surface area contributed by atoms with Crippen molar-refractivity contribution in [1.29, 1.82) is 0 Å². The Kier molecular flexibility index (Phi) is 3.44. The number of nitrogens with one attached hydrogen (secondary N) is 2. The molecule has 3 rings (SSSR count). The summed E-state index contributed by atoms with van der Waals surface area (Å²) in [7, 11) is 0. The lowest BCUT2D eigenvalue weighted by Gasteiger charge is -2.06. The Bertz CT molecular complexity index is 772. The zero-order chi connectivity index (χ0) is 14.8. The Labute approximate surface area is 123 Å². The van der Waals surface area contributed by atoms with Crippen molar-refractivity contribution >= 4 is 22.9 Å². The molecule has 1 aromatic heterocycles. The second-order valence-corrected chi connectivity index (χ2v) is 5.26. The number of aryl methyl sites for hydroxylation is 2. The molecule has 2 aromatic carbocycles. The number of benzene rings is 2. The number of H-pyrrole nitrogens is 1. The van der Waals surface area contributed by atoms with Crippen LogP contribution < -0.4 is 5.32 Å². The van der Waals surface area contributed by atoms with E-state index in [4.69, 9.17) is 0 Å². The van der Waals surface area contributed by atoms with E-state index in [1.807, 2.05) is 50.2 Å². The topological polar surface area (TPSA) is 57.8 Å². The second-order valence-electron chi connectivity index (χ2n) is 5.26. The van der Waals surface area contributed by atoms with Crippen LogP contribution in [0.15, 0.2) is 42.5 Å². The molecule has 3 aromatic rings. The molecule has 4 nitrogen and oxygen atoms in total. The van der Waals surface area contributed by atoms with Crippen LogP contribution in [0, 0.1) is 13.8 Å². The zero-order valence-corrected chi connectivity index (χ0v) is 12.1. The minimum absolute atomic E-state index is 0.0669. The Morgan fingerprint density at radius 1 is 1.19 bits per heavy atom. The summed E-state index contributed by atoms with van der Waals surface area (Å²) in [6, 6.07) is 13.8. The largest absolute Gasteiger partial charge is 0.324 e. The molecule has 0 saturated carbocycles. The van der Waals surface area contributed by atoms with Gasteiger partial charge in [0.05, 0.1) is 17.5 Å². The maximum atomic E-state index is 12.2. The van der Waals surface area contributed by atoms with Crippen LogP contribution in [0.4, 0.5) is 5.95 Å². The van der Waals surface area contributed by atoms with E-state index in [1.165, 1.54) is 0 Å². The first-order valence-corrected chi connectivity index (χ1v) is 6.92. The van der Waals surface area contributed by atoms with Crippen LogP contribution in [0.3, 0.4) is 0 Å². The van der Waals surface area contributed by atoms with Gasteiger partial charge in [0, 0.05) is 0 Å². The number of amides is 1. The molecule has 0 bridgehead atoms. The van der Waals surface area contributed by atoms with E-state index in [0.717, 1.165) is 27.7 Å². The van der Waals surface area contributed by atoms with Gasteiger partial charge >= 0.3 is 0 Å². The lowest BCUT2D eigenvalue weighted by Crippen LogP contribution is -2.16. The number of hydrogen-bond acceptors (Lipinski definition) is 2. The van der Waals surface area contributed by atoms with Crippen molar-refractivity contribution in [3.05, 3.63) is 59.2 Å². The number of hydrogen-bond donors (Lipinski definition) is 2. The molecule has 0 atom stereocenters. The Morgan fingerprint density at radius 2 is 2.00 bits per heavy atom. The van der Waals surface area contributed by atoms with Crippen molar-refractivity contribution < 1.29 is 4.79 Å². The number of carbonyl (C=O) groups is 1. The van der Waals surface area contributed by atoms with E-state index in [1.54, 1.807) is 0 Å². The van der Waals surface area contributed by atoms with Crippen LogP contribution in [-0.2, 0) is 11.2 Å². The van der Waals surface area contributed by atoms with Gasteiger partial charge in [0.15, 0.2) is 0 Å². The van der Waals surface area contributed by atoms with Crippen LogP contribution in [0.1, 0.15) is 16.7 Å². The van der Waals surface area contributed by atoms with Crippen molar-refractivity contribution in [3.8, 4) is 0 Å². The fraction of sp³-hybridized carbons (Fsp3) is 0.176. The van der Waals surface area contributed by atoms with Crippen molar-refractivity contribution in [2.75, 3.05) is 5.32 Å². The average Bonchev–Trinajstić information content (AvgIpc) is 2.84. The van der Waals surface area contributed by atoms with Gasteiger partial charge in [-0.15, -0.1) is 0 Å². The third kappa shape index (κ3) is 2.94. The summed E-state index contributed by atoms with van der Waals surface area (Å²) in [5.41, 5.74) is 5.09. The van der Waals surface area contributed by atoms with E-state index in [-0.39, 0.29) is 5.91 Å². The lowest BCUT2D eigenvalue weighted by atomic mass is 10.0. The average molecular weight is 279 g/mol. The fourth-order valence-electron chi connectivity index (χ4n) is 2.35. The van der Waals surface area contributed by atoms with Crippen LogP contribution in [0.25, 0.3) is 11.0 Å². The van der Waals surface area contributed by atoms with E-state index in [0.29, 0.717) is 12.4 Å². The number of aromatic amines is 1. The Morgan fingerprint density at radius 3 is 2.81 bits per heavy atom. The quantitative estimate of drug-likeness (QED) is 0.772. The fourth-order valence-corrected chi connectivity index (χ4v) is 2.35. The molecule has 4 heteroatoms. The molecule has 0 spiro atoms. The molecule has 1 heterocycles. The van der Waals surface area contributed by atoms with Crippen LogP contribution in [-0.4, -0.2) is 15.9 Å². The van der Waals surface area contributed by atoms with Crippen LogP contribution in [0.2, 0.25) is 0 Å². The third-order valence-corrected chi connectivity index (χ3v) is 3.50. The summed E-state index contributed by atoms with van der Waals surface area (Å²) >= 11 is 0. The molecule has 0 saturated heterocycles. The minimum atomic E-state index is -0.0669. The zero-order valence-electron chi connectivity index (χ0n) is 12.1. The molecule has 106 valence electrons. The molecule has 0 aliphatic rings. The first kappa shape index (κ1) is 13.4. The molecule has 1 amide bonds. The molecule has 0 unspecified atom stereocenters. The van der Waals surface area contributed by atoms with Gasteiger partial charge in [0.2, 0.25) is 11.9 Å². The Hall–Kier alpha value is -2.62. The van der Waals surface area contributed by atoms with Gasteiger partial charge in [-0.2, -0.15) is 0 Å². The monoisotopic (exact) mass is 279 g/mol. The number of rotatable bonds is 3. The molecular weight excluding hydrogens is 262 g/mol. The summed E-state index contributed by atoms with van der Waals surface area (Å²) in [5.74, 6) is 0.425. The molecule has 0 aliphatic heterocycles. The van der Waals surface area contributed by atoms with Gasteiger partial charge < -0.3 is 4.98 Å². The number of aromatic nitrogens is 2. The van der Waals surface area contributed by atoms with Crippen molar-refractivity contribution in [2.24, 2.45) is 0 Å². The van der Waals surface area contributed by atoms with E-state index >= 15 is 0 Å². The van der Waals surface area contributed by atoms with E-state index < -0.39 is 0 Å². The van der Waals surface area contributed by atoms with Gasteiger partial charge in [-0.3, -0.25) is 10.1 Å². The van der Waals surface area contributed by atoms with E-state index in [9.17, 15) is 4.79 Å². The maximum Gasteiger partial charge on any atom is 0.231 e.